The molecule has 0 amide bonds. The number of carbonyl (C=O) groups is 2. The van der Waals surface area contributed by atoms with Crippen molar-refractivity contribution in [3.63, 3.8) is 0 Å². The lowest BCUT2D eigenvalue weighted by molar-refractivity contribution is -0.123. The molecule has 0 radical (unpaired) electrons. The number of thioether (sulfide) groups is 2. The smallest absolute Gasteiger partial charge is 0.290 e. The Balaban J connectivity index is 0.000000639. The molecule has 6 nitrogen and oxygen atoms in total. The van der Waals surface area contributed by atoms with Crippen LogP contribution in [0.5, 0.6) is 0 Å². The summed E-state index contributed by atoms with van der Waals surface area (Å²) in [7, 11) is 2.28. The van der Waals surface area contributed by atoms with Crippen molar-refractivity contribution in [2.45, 2.75) is 31.3 Å². The Morgan fingerprint density at radius 1 is 1.14 bits per heavy atom. The van der Waals surface area contributed by atoms with Crippen molar-refractivity contribution in [3.05, 3.63) is 0 Å². The van der Waals surface area contributed by atoms with Crippen LogP contribution in [0, 0.1) is 0 Å². The fourth-order valence-electron chi connectivity index (χ4n) is 2.44. The molecule has 2 rings (SSSR count). The molecule has 2 fully saturated rings. The third-order valence-electron chi connectivity index (χ3n) is 3.57. The lowest BCUT2D eigenvalue weighted by Gasteiger charge is -2.33. The van der Waals surface area contributed by atoms with Crippen LogP contribution in [0.15, 0.2) is 0 Å². The minimum Gasteiger partial charge on any atom is -0.483 e. The highest BCUT2D eigenvalue weighted by molar-refractivity contribution is 8.03. The van der Waals surface area contributed by atoms with Crippen LogP contribution >= 0.6 is 23.5 Å². The van der Waals surface area contributed by atoms with Crippen molar-refractivity contribution < 1.29 is 19.8 Å². The van der Waals surface area contributed by atoms with Crippen LogP contribution in [-0.4, -0.2) is 83.3 Å². The molecule has 2 heterocycles. The van der Waals surface area contributed by atoms with Gasteiger partial charge in [-0.05, 0) is 26.4 Å². The van der Waals surface area contributed by atoms with Gasteiger partial charge in [-0.15, -0.1) is 0 Å². The highest BCUT2D eigenvalue weighted by Gasteiger charge is 2.20. The van der Waals surface area contributed by atoms with E-state index in [9.17, 15) is 0 Å². The first-order valence-electron chi connectivity index (χ1n) is 7.44. The number of nitrogens with zero attached hydrogens (tertiary/aromatic N) is 1. The zero-order valence-electron chi connectivity index (χ0n) is 13.1. The first-order chi connectivity index (χ1) is 10.7. The number of nitrogens with one attached hydrogen (secondary N) is 1. The second-order valence-corrected chi connectivity index (χ2v) is 7.40. The summed E-state index contributed by atoms with van der Waals surface area (Å²) in [6.45, 7) is 1.99. The van der Waals surface area contributed by atoms with E-state index in [0.717, 1.165) is 12.1 Å². The Bertz CT molecular complexity index is 272. The largest absolute Gasteiger partial charge is 0.483 e. The van der Waals surface area contributed by atoms with E-state index in [1.807, 2.05) is 0 Å². The lowest BCUT2D eigenvalue weighted by atomic mass is 10.0. The van der Waals surface area contributed by atoms with Gasteiger partial charge in [0.05, 0.1) is 0 Å². The minimum absolute atomic E-state index is 0.250. The SMILES string of the molecule is CN1CCCCC1CNC1CSCCSC1.O=CO.O=CO. The van der Waals surface area contributed by atoms with Gasteiger partial charge in [0.2, 0.25) is 0 Å². The van der Waals surface area contributed by atoms with Gasteiger partial charge in [-0.1, -0.05) is 6.42 Å². The van der Waals surface area contributed by atoms with Crippen LogP contribution < -0.4 is 5.32 Å². The maximum Gasteiger partial charge on any atom is 0.290 e. The van der Waals surface area contributed by atoms with Gasteiger partial charge in [0, 0.05) is 41.6 Å². The van der Waals surface area contributed by atoms with Crippen LogP contribution in [0.3, 0.4) is 0 Å². The van der Waals surface area contributed by atoms with E-state index in [2.05, 4.69) is 40.8 Å². The summed E-state index contributed by atoms with van der Waals surface area (Å²) in [5.41, 5.74) is 0. The lowest BCUT2D eigenvalue weighted by Crippen LogP contribution is -2.46. The Hall–Kier alpha value is -0.440. The van der Waals surface area contributed by atoms with E-state index in [0.29, 0.717) is 0 Å². The summed E-state index contributed by atoms with van der Waals surface area (Å²) in [6.07, 6.45) is 4.20. The number of likely N-dealkylation sites (N-methyl/N-ethyl adjacent to an activating group) is 1. The number of carboxylic acid groups (broad SMARTS) is 2. The van der Waals surface area contributed by atoms with E-state index in [1.165, 1.54) is 55.4 Å². The molecule has 3 N–H and O–H groups in total. The van der Waals surface area contributed by atoms with Crippen LogP contribution in [0.1, 0.15) is 19.3 Å². The summed E-state index contributed by atoms with van der Waals surface area (Å²) in [5, 5.41) is 17.6. The zero-order chi connectivity index (χ0) is 16.6. The molecular weight excluding hydrogens is 324 g/mol. The Morgan fingerprint density at radius 2 is 1.68 bits per heavy atom. The Morgan fingerprint density at radius 3 is 2.18 bits per heavy atom. The molecule has 2 saturated heterocycles. The molecule has 2 aliphatic rings. The Kier molecular flexibility index (Phi) is 15.1. The number of hydrogen-bond acceptors (Lipinski definition) is 6. The quantitative estimate of drug-likeness (QED) is 0.655. The van der Waals surface area contributed by atoms with E-state index >= 15 is 0 Å². The van der Waals surface area contributed by atoms with Crippen molar-refractivity contribution in [3.8, 4) is 0 Å². The second kappa shape index (κ2) is 15.5. The number of likely N-dealkylation sites (tertiary alicyclic amines) is 1. The fourth-order valence-corrected chi connectivity index (χ4v) is 4.91. The van der Waals surface area contributed by atoms with E-state index in [-0.39, 0.29) is 12.9 Å². The highest BCUT2D eigenvalue weighted by atomic mass is 32.2. The highest BCUT2D eigenvalue weighted by Crippen LogP contribution is 2.18. The van der Waals surface area contributed by atoms with Gasteiger partial charge in [0.1, 0.15) is 0 Å². The monoisotopic (exact) mass is 352 g/mol. The van der Waals surface area contributed by atoms with Gasteiger partial charge in [0.15, 0.2) is 0 Å². The fraction of sp³-hybridized carbons (Fsp3) is 0.857. The van der Waals surface area contributed by atoms with Crippen molar-refractivity contribution in [2.24, 2.45) is 0 Å². The van der Waals surface area contributed by atoms with E-state index in [1.54, 1.807) is 0 Å². The summed E-state index contributed by atoms with van der Waals surface area (Å²) >= 11 is 4.23. The molecule has 0 aromatic rings. The third-order valence-corrected chi connectivity index (χ3v) is 6.09. The molecule has 1 atom stereocenters. The van der Waals surface area contributed by atoms with Crippen LogP contribution in [0.4, 0.5) is 0 Å². The van der Waals surface area contributed by atoms with Gasteiger partial charge < -0.3 is 20.4 Å². The first-order valence-corrected chi connectivity index (χ1v) is 9.75. The van der Waals surface area contributed by atoms with Crippen molar-refractivity contribution in [1.82, 2.24) is 10.2 Å². The standard InChI is InChI=1S/C12H24N2S2.2CH2O2/c1-14-5-3-2-4-12(14)8-13-11-9-15-6-7-16-10-11;2*2-1-3/h11-13H,2-10H2,1H3;2*1H,(H,2,3). The predicted octanol–water partition coefficient (Wildman–Crippen LogP) is 1.31. The Labute approximate surface area is 141 Å². The molecule has 0 spiro atoms. The van der Waals surface area contributed by atoms with Crippen molar-refractivity contribution in [2.75, 3.05) is 43.1 Å². The molecule has 0 aromatic carbocycles. The summed E-state index contributed by atoms with van der Waals surface area (Å²) in [4.78, 5) is 19.3. The predicted molar refractivity (Wildman–Crippen MR) is 94.1 cm³/mol. The molecule has 0 saturated carbocycles. The third kappa shape index (κ3) is 11.2. The van der Waals surface area contributed by atoms with Crippen LogP contribution in [0.2, 0.25) is 0 Å². The van der Waals surface area contributed by atoms with E-state index < -0.39 is 0 Å². The number of rotatable bonds is 3. The molecule has 1 unspecified atom stereocenters. The van der Waals surface area contributed by atoms with Gasteiger partial charge in [-0.2, -0.15) is 23.5 Å². The molecule has 22 heavy (non-hydrogen) atoms. The average molecular weight is 353 g/mol. The molecule has 0 bridgehead atoms. The van der Waals surface area contributed by atoms with Gasteiger partial charge >= 0.3 is 0 Å². The summed E-state index contributed by atoms with van der Waals surface area (Å²) in [5.74, 6) is 5.30. The van der Waals surface area contributed by atoms with Crippen LogP contribution in [0.25, 0.3) is 0 Å². The van der Waals surface area contributed by atoms with Gasteiger partial charge in [-0.25, -0.2) is 0 Å². The average Bonchev–Trinajstić information content (AvgIpc) is 2.77. The van der Waals surface area contributed by atoms with E-state index in [4.69, 9.17) is 19.8 Å². The molecule has 0 aliphatic carbocycles. The summed E-state index contributed by atoms with van der Waals surface area (Å²) in [6, 6.07) is 1.53. The maximum absolute atomic E-state index is 8.36. The first kappa shape index (κ1) is 21.6. The molecular formula is C14H28N2O4S2. The van der Waals surface area contributed by atoms with Gasteiger partial charge in [0.25, 0.3) is 12.9 Å². The number of piperidine rings is 1. The number of hydrogen-bond donors (Lipinski definition) is 3. The zero-order valence-corrected chi connectivity index (χ0v) is 14.8. The molecule has 130 valence electrons. The molecule has 2 aliphatic heterocycles. The topological polar surface area (TPSA) is 89.9 Å². The minimum atomic E-state index is -0.250. The molecule has 0 aromatic heterocycles. The summed E-state index contributed by atoms with van der Waals surface area (Å²) < 4.78 is 0. The van der Waals surface area contributed by atoms with Gasteiger partial charge in [-0.3, -0.25) is 9.59 Å². The normalized spacial score (nSPS) is 23.0. The second-order valence-electron chi connectivity index (χ2n) is 5.10. The molecule has 8 heteroatoms. The maximum atomic E-state index is 8.36. The van der Waals surface area contributed by atoms with Crippen LogP contribution in [-0.2, 0) is 9.59 Å². The van der Waals surface area contributed by atoms with Crippen molar-refractivity contribution >= 4 is 36.5 Å². The van der Waals surface area contributed by atoms with Crippen molar-refractivity contribution in [1.29, 1.82) is 0 Å².